The first-order chi connectivity index (χ1) is 17.8. The first-order valence-corrected chi connectivity index (χ1v) is 12.7. The van der Waals surface area contributed by atoms with Gasteiger partial charge in [0.1, 0.15) is 12.4 Å². The Morgan fingerprint density at radius 2 is 1.70 bits per heavy atom. The second kappa shape index (κ2) is 10.3. The summed E-state index contributed by atoms with van der Waals surface area (Å²) in [6.07, 6.45) is 2.30. The maximum Gasteiger partial charge on any atom is 0.262 e. The summed E-state index contributed by atoms with van der Waals surface area (Å²) in [6.45, 7) is 0.691. The lowest BCUT2D eigenvalue weighted by Crippen LogP contribution is -2.41. The normalized spacial score (nSPS) is 12.8. The summed E-state index contributed by atoms with van der Waals surface area (Å²) < 4.78 is 2.45. The summed E-state index contributed by atoms with van der Waals surface area (Å²) in [7, 11) is 1.66. The van der Waals surface area contributed by atoms with Crippen LogP contribution in [0.5, 0.6) is 0 Å². The van der Waals surface area contributed by atoms with E-state index in [4.69, 9.17) is 16.6 Å². The van der Waals surface area contributed by atoms with E-state index in [1.807, 2.05) is 30.3 Å². The first kappa shape index (κ1) is 24.9. The van der Waals surface area contributed by atoms with Crippen molar-refractivity contribution in [3.63, 3.8) is 0 Å². The molecular weight excluding hydrogens is 560 g/mol. The molecule has 0 spiro atoms. The number of hydrogen-bond donors (Lipinski definition) is 1. The summed E-state index contributed by atoms with van der Waals surface area (Å²) in [5.41, 5.74) is 2.82. The van der Waals surface area contributed by atoms with Gasteiger partial charge in [-0.2, -0.15) is 9.61 Å². The molecule has 0 unspecified atom stereocenters. The van der Waals surface area contributed by atoms with Gasteiger partial charge < -0.3 is 10.2 Å². The lowest BCUT2D eigenvalue weighted by Gasteiger charge is -2.21. The van der Waals surface area contributed by atoms with E-state index in [2.05, 4.69) is 26.3 Å². The molecule has 3 heterocycles. The molecule has 5 rings (SSSR count). The number of carbonyl (C=O) groups is 3. The van der Waals surface area contributed by atoms with E-state index in [1.54, 1.807) is 42.0 Å². The van der Waals surface area contributed by atoms with E-state index in [9.17, 15) is 14.4 Å². The number of aromatic nitrogens is 3. The van der Waals surface area contributed by atoms with Crippen LogP contribution in [0.1, 0.15) is 27.1 Å². The SMILES string of the molecule is CN(CCCNc1cc(-c2ccccc2Cl)nc2c(Br)cnn12)C(=O)CN1C(=O)c2ccccc2C1=O. The fourth-order valence-electron chi connectivity index (χ4n) is 4.17. The van der Waals surface area contributed by atoms with Crippen LogP contribution in [0.15, 0.2) is 65.3 Å². The minimum Gasteiger partial charge on any atom is -0.370 e. The van der Waals surface area contributed by atoms with Gasteiger partial charge in [-0.05, 0) is 40.5 Å². The molecule has 1 N–H and O–H groups in total. The summed E-state index contributed by atoms with van der Waals surface area (Å²) in [5.74, 6) is -0.459. The smallest absolute Gasteiger partial charge is 0.262 e. The zero-order valence-electron chi connectivity index (χ0n) is 19.8. The van der Waals surface area contributed by atoms with Crippen molar-refractivity contribution in [1.82, 2.24) is 24.4 Å². The predicted molar refractivity (Wildman–Crippen MR) is 144 cm³/mol. The molecule has 0 saturated heterocycles. The average Bonchev–Trinajstić information content (AvgIpc) is 3.39. The van der Waals surface area contributed by atoms with Crippen molar-refractivity contribution in [3.8, 4) is 11.3 Å². The van der Waals surface area contributed by atoms with Crippen LogP contribution in [0.4, 0.5) is 5.82 Å². The number of hydrogen-bond acceptors (Lipinski definition) is 6. The number of nitrogens with one attached hydrogen (secondary N) is 1. The van der Waals surface area contributed by atoms with E-state index in [-0.39, 0.29) is 12.5 Å². The topological polar surface area (TPSA) is 99.9 Å². The van der Waals surface area contributed by atoms with E-state index in [1.165, 1.54) is 4.90 Å². The highest BCUT2D eigenvalue weighted by atomic mass is 79.9. The summed E-state index contributed by atoms with van der Waals surface area (Å²) in [6, 6.07) is 16.0. The summed E-state index contributed by atoms with van der Waals surface area (Å²) in [5, 5.41) is 8.34. The Balaban J connectivity index is 1.21. The molecule has 2 aromatic heterocycles. The molecule has 11 heteroatoms. The number of benzene rings is 2. The fourth-order valence-corrected chi connectivity index (χ4v) is 4.75. The largest absolute Gasteiger partial charge is 0.370 e. The minimum absolute atomic E-state index is 0.288. The zero-order chi connectivity index (χ0) is 26.1. The van der Waals surface area contributed by atoms with Crippen LogP contribution in [-0.2, 0) is 4.79 Å². The van der Waals surface area contributed by atoms with Gasteiger partial charge in [-0.1, -0.05) is 41.9 Å². The van der Waals surface area contributed by atoms with E-state index < -0.39 is 11.8 Å². The van der Waals surface area contributed by atoms with Gasteiger partial charge >= 0.3 is 0 Å². The first-order valence-electron chi connectivity index (χ1n) is 11.6. The van der Waals surface area contributed by atoms with Crippen molar-refractivity contribution in [2.24, 2.45) is 0 Å². The molecule has 3 amide bonds. The van der Waals surface area contributed by atoms with Crippen LogP contribution < -0.4 is 5.32 Å². The lowest BCUT2D eigenvalue weighted by molar-refractivity contribution is -0.130. The van der Waals surface area contributed by atoms with Gasteiger partial charge in [0.2, 0.25) is 5.91 Å². The van der Waals surface area contributed by atoms with E-state index >= 15 is 0 Å². The number of rotatable bonds is 8. The Hall–Kier alpha value is -3.76. The molecule has 0 saturated carbocycles. The van der Waals surface area contributed by atoms with Gasteiger partial charge in [0.05, 0.1) is 27.5 Å². The number of fused-ring (bicyclic) bond motifs is 2. The number of carbonyl (C=O) groups excluding carboxylic acids is 3. The van der Waals surface area contributed by atoms with Crippen LogP contribution in [0, 0.1) is 0 Å². The van der Waals surface area contributed by atoms with Crippen LogP contribution in [-0.4, -0.2) is 68.8 Å². The van der Waals surface area contributed by atoms with Gasteiger partial charge in [-0.25, -0.2) is 4.98 Å². The Bertz CT molecular complexity index is 1500. The predicted octanol–water partition coefficient (Wildman–Crippen LogP) is 4.37. The molecular formula is C26H22BrClN6O3. The minimum atomic E-state index is -0.439. The molecule has 0 atom stereocenters. The summed E-state index contributed by atoms with van der Waals surface area (Å²) >= 11 is 9.89. The quantitative estimate of drug-likeness (QED) is 0.245. The molecule has 1 aliphatic rings. The van der Waals surface area contributed by atoms with Crippen molar-refractivity contribution in [1.29, 1.82) is 0 Å². The van der Waals surface area contributed by atoms with Crippen LogP contribution in [0.2, 0.25) is 5.02 Å². The van der Waals surface area contributed by atoms with Crippen molar-refractivity contribution in [2.45, 2.75) is 6.42 Å². The van der Waals surface area contributed by atoms with E-state index in [0.29, 0.717) is 47.0 Å². The van der Waals surface area contributed by atoms with Crippen molar-refractivity contribution in [3.05, 3.63) is 81.4 Å². The highest BCUT2D eigenvalue weighted by Crippen LogP contribution is 2.30. The van der Waals surface area contributed by atoms with Gasteiger partial charge in [0, 0.05) is 36.8 Å². The standard InChI is InChI=1S/C26H22BrClN6O3/c1-32(23(35)15-33-25(36)16-7-2-3-8-17(16)26(33)37)12-6-11-29-22-13-21(18-9-4-5-10-20(18)28)31-24-19(27)14-30-34(22)24/h2-5,7-10,13-14,29H,6,11-12,15H2,1H3. The average molecular weight is 582 g/mol. The molecule has 2 aromatic carbocycles. The molecule has 0 fully saturated rings. The number of imide groups is 1. The third-order valence-electron chi connectivity index (χ3n) is 6.15. The number of halogens is 2. The van der Waals surface area contributed by atoms with Crippen LogP contribution in [0.25, 0.3) is 16.9 Å². The number of anilines is 1. The fraction of sp³-hybridized carbons (Fsp3) is 0.192. The lowest BCUT2D eigenvalue weighted by atomic mass is 10.1. The molecule has 1 aliphatic heterocycles. The Morgan fingerprint density at radius 1 is 1.05 bits per heavy atom. The number of likely N-dealkylation sites (N-methyl/N-ethyl adjacent to an activating group) is 1. The van der Waals surface area contributed by atoms with Gasteiger partial charge in [0.25, 0.3) is 11.8 Å². The molecule has 4 aromatic rings. The van der Waals surface area contributed by atoms with E-state index in [0.717, 1.165) is 20.8 Å². The molecule has 9 nitrogen and oxygen atoms in total. The number of amides is 3. The molecule has 0 aliphatic carbocycles. The Kier molecular flexibility index (Phi) is 6.94. The van der Waals surface area contributed by atoms with Crippen molar-refractivity contribution >= 4 is 56.7 Å². The van der Waals surface area contributed by atoms with Crippen molar-refractivity contribution in [2.75, 3.05) is 32.0 Å². The maximum atomic E-state index is 12.7. The summed E-state index contributed by atoms with van der Waals surface area (Å²) in [4.78, 5) is 45.0. The van der Waals surface area contributed by atoms with Gasteiger partial charge in [-0.3, -0.25) is 19.3 Å². The third-order valence-corrected chi connectivity index (χ3v) is 7.04. The van der Waals surface area contributed by atoms with Gasteiger partial charge in [0.15, 0.2) is 5.65 Å². The molecule has 37 heavy (non-hydrogen) atoms. The maximum absolute atomic E-state index is 12.7. The zero-order valence-corrected chi connectivity index (χ0v) is 22.2. The monoisotopic (exact) mass is 580 g/mol. The van der Waals surface area contributed by atoms with Crippen LogP contribution in [0.3, 0.4) is 0 Å². The molecule has 188 valence electrons. The second-order valence-corrected chi connectivity index (χ2v) is 9.83. The second-order valence-electron chi connectivity index (χ2n) is 8.57. The third kappa shape index (κ3) is 4.82. The Morgan fingerprint density at radius 3 is 2.38 bits per heavy atom. The van der Waals surface area contributed by atoms with Crippen LogP contribution >= 0.6 is 27.5 Å². The Labute approximate surface area is 226 Å². The highest BCUT2D eigenvalue weighted by Gasteiger charge is 2.36. The highest BCUT2D eigenvalue weighted by molar-refractivity contribution is 9.10. The molecule has 0 radical (unpaired) electrons. The molecule has 0 bridgehead atoms. The van der Waals surface area contributed by atoms with Crippen molar-refractivity contribution < 1.29 is 14.4 Å². The van der Waals surface area contributed by atoms with Gasteiger partial charge in [-0.15, -0.1) is 0 Å². The number of nitrogens with zero attached hydrogens (tertiary/aromatic N) is 5.